The molecule has 4 rings (SSSR count). The lowest BCUT2D eigenvalue weighted by atomic mass is 9.90. The van der Waals surface area contributed by atoms with E-state index in [0.717, 1.165) is 42.0 Å². The molecule has 0 saturated carbocycles. The van der Waals surface area contributed by atoms with Crippen molar-refractivity contribution < 1.29 is 4.79 Å². The molecule has 0 spiro atoms. The minimum atomic E-state index is 0.146. The molecular formula is C20H21N3OS. The van der Waals surface area contributed by atoms with Crippen molar-refractivity contribution in [2.24, 2.45) is 5.92 Å². The number of aromatic nitrogens is 2. The fourth-order valence-corrected chi connectivity index (χ4v) is 4.42. The first kappa shape index (κ1) is 16.2. The van der Waals surface area contributed by atoms with Crippen molar-refractivity contribution in [2.45, 2.75) is 26.2 Å². The molecule has 3 aromatic rings. The van der Waals surface area contributed by atoms with Crippen molar-refractivity contribution in [1.82, 2.24) is 14.9 Å². The molecule has 0 radical (unpaired) electrons. The van der Waals surface area contributed by atoms with E-state index in [1.54, 1.807) is 5.51 Å². The van der Waals surface area contributed by atoms with Crippen LogP contribution in [0.4, 0.5) is 0 Å². The minimum Gasteiger partial charge on any atom is -0.338 e. The van der Waals surface area contributed by atoms with E-state index < -0.39 is 0 Å². The lowest BCUT2D eigenvalue weighted by Crippen LogP contribution is -2.40. The summed E-state index contributed by atoms with van der Waals surface area (Å²) in [5.41, 5.74) is 4.97. The molecule has 0 N–H and O–H groups in total. The van der Waals surface area contributed by atoms with Crippen LogP contribution in [0.2, 0.25) is 0 Å². The molecule has 1 aliphatic rings. The SMILES string of the molecule is Cc1ncsc1C(=O)N1CCC[C@@H](Cc2ccc3ncccc3c2)C1. The summed E-state index contributed by atoms with van der Waals surface area (Å²) in [4.78, 5) is 24.1. The van der Waals surface area contributed by atoms with Gasteiger partial charge in [-0.2, -0.15) is 0 Å². The summed E-state index contributed by atoms with van der Waals surface area (Å²) in [6.07, 6.45) is 5.09. The number of amides is 1. The van der Waals surface area contributed by atoms with E-state index in [1.165, 1.54) is 28.7 Å². The van der Waals surface area contributed by atoms with E-state index in [0.29, 0.717) is 5.92 Å². The lowest BCUT2D eigenvalue weighted by molar-refractivity contribution is 0.0677. The number of carbonyl (C=O) groups is 1. The molecule has 1 aromatic carbocycles. The first-order valence-electron chi connectivity index (χ1n) is 8.74. The van der Waals surface area contributed by atoms with Gasteiger partial charge in [0, 0.05) is 24.7 Å². The number of fused-ring (bicyclic) bond motifs is 1. The quantitative estimate of drug-likeness (QED) is 0.714. The van der Waals surface area contributed by atoms with Gasteiger partial charge in [0.05, 0.1) is 16.7 Å². The highest BCUT2D eigenvalue weighted by molar-refractivity contribution is 7.11. The monoisotopic (exact) mass is 351 g/mol. The van der Waals surface area contributed by atoms with E-state index in [2.05, 4.69) is 34.2 Å². The van der Waals surface area contributed by atoms with Gasteiger partial charge in [0.2, 0.25) is 0 Å². The lowest BCUT2D eigenvalue weighted by Gasteiger charge is -2.32. The maximum absolute atomic E-state index is 12.7. The van der Waals surface area contributed by atoms with Gasteiger partial charge in [0.15, 0.2) is 0 Å². The molecule has 0 unspecified atom stereocenters. The Bertz CT molecular complexity index is 905. The van der Waals surface area contributed by atoms with Gasteiger partial charge in [-0.05, 0) is 55.9 Å². The van der Waals surface area contributed by atoms with Gasteiger partial charge < -0.3 is 4.90 Å². The Hall–Kier alpha value is -2.27. The fraction of sp³-hybridized carbons (Fsp3) is 0.350. The van der Waals surface area contributed by atoms with Crippen molar-refractivity contribution in [1.29, 1.82) is 0 Å². The highest BCUT2D eigenvalue weighted by Gasteiger charge is 2.26. The molecule has 0 aliphatic carbocycles. The summed E-state index contributed by atoms with van der Waals surface area (Å²) in [6.45, 7) is 3.60. The van der Waals surface area contributed by atoms with E-state index in [1.807, 2.05) is 24.1 Å². The summed E-state index contributed by atoms with van der Waals surface area (Å²) >= 11 is 1.45. The Morgan fingerprint density at radius 2 is 2.24 bits per heavy atom. The zero-order valence-electron chi connectivity index (χ0n) is 14.3. The van der Waals surface area contributed by atoms with Crippen molar-refractivity contribution in [3.63, 3.8) is 0 Å². The van der Waals surface area contributed by atoms with Gasteiger partial charge in [-0.25, -0.2) is 4.98 Å². The van der Waals surface area contributed by atoms with E-state index in [-0.39, 0.29) is 5.91 Å². The van der Waals surface area contributed by atoms with Gasteiger partial charge in [0.1, 0.15) is 4.88 Å². The van der Waals surface area contributed by atoms with Crippen LogP contribution in [0.25, 0.3) is 10.9 Å². The molecule has 4 nitrogen and oxygen atoms in total. The van der Waals surface area contributed by atoms with Crippen LogP contribution in [0.5, 0.6) is 0 Å². The zero-order valence-corrected chi connectivity index (χ0v) is 15.1. The number of piperidine rings is 1. The molecule has 2 aromatic heterocycles. The topological polar surface area (TPSA) is 46.1 Å². The van der Waals surface area contributed by atoms with Crippen molar-refractivity contribution in [2.75, 3.05) is 13.1 Å². The number of rotatable bonds is 3. The molecule has 3 heterocycles. The van der Waals surface area contributed by atoms with Crippen LogP contribution in [0, 0.1) is 12.8 Å². The third-order valence-corrected chi connectivity index (χ3v) is 5.85. The van der Waals surface area contributed by atoms with Crippen molar-refractivity contribution >= 4 is 28.1 Å². The molecule has 128 valence electrons. The zero-order chi connectivity index (χ0) is 17.2. The number of hydrogen-bond donors (Lipinski definition) is 0. The average molecular weight is 351 g/mol. The summed E-state index contributed by atoms with van der Waals surface area (Å²) in [7, 11) is 0. The van der Waals surface area contributed by atoms with Crippen LogP contribution in [-0.2, 0) is 6.42 Å². The predicted molar refractivity (Wildman–Crippen MR) is 101 cm³/mol. The predicted octanol–water partition coefficient (Wildman–Crippen LogP) is 4.09. The first-order valence-corrected chi connectivity index (χ1v) is 9.61. The van der Waals surface area contributed by atoms with Gasteiger partial charge in [0.25, 0.3) is 5.91 Å². The average Bonchev–Trinajstić information content (AvgIpc) is 3.07. The number of benzene rings is 1. The van der Waals surface area contributed by atoms with Gasteiger partial charge in [-0.1, -0.05) is 12.1 Å². The van der Waals surface area contributed by atoms with Crippen LogP contribution >= 0.6 is 11.3 Å². The second-order valence-corrected chi connectivity index (χ2v) is 7.62. The molecule has 1 fully saturated rings. The summed E-state index contributed by atoms with van der Waals surface area (Å²) in [5, 5.41) is 1.18. The third-order valence-electron chi connectivity index (χ3n) is 4.94. The Morgan fingerprint density at radius 1 is 1.32 bits per heavy atom. The van der Waals surface area contributed by atoms with Crippen molar-refractivity contribution in [3.05, 3.63) is 58.2 Å². The third kappa shape index (κ3) is 3.42. The molecule has 5 heteroatoms. The second-order valence-electron chi connectivity index (χ2n) is 6.76. The first-order chi connectivity index (χ1) is 12.2. The van der Waals surface area contributed by atoms with E-state index in [4.69, 9.17) is 0 Å². The summed E-state index contributed by atoms with van der Waals surface area (Å²) in [5.74, 6) is 0.660. The van der Waals surface area contributed by atoms with E-state index >= 15 is 0 Å². The number of pyridine rings is 1. The van der Waals surface area contributed by atoms with Crippen molar-refractivity contribution in [3.8, 4) is 0 Å². The van der Waals surface area contributed by atoms with Crippen LogP contribution in [0.1, 0.15) is 33.8 Å². The number of carbonyl (C=O) groups excluding carboxylic acids is 1. The van der Waals surface area contributed by atoms with E-state index in [9.17, 15) is 4.79 Å². The molecule has 1 saturated heterocycles. The standard InChI is InChI=1S/C20H21N3OS/c1-14-19(25-13-22-14)20(24)23-9-3-4-16(12-23)10-15-6-7-18-17(11-15)5-2-8-21-18/h2,5-8,11,13,16H,3-4,9-10,12H2,1H3/t16-/m0/s1. The molecule has 1 aliphatic heterocycles. The van der Waals surface area contributed by atoms with Crippen LogP contribution in [-0.4, -0.2) is 33.9 Å². The van der Waals surface area contributed by atoms with Crippen LogP contribution in [0.3, 0.4) is 0 Å². The van der Waals surface area contributed by atoms with Gasteiger partial charge in [-0.3, -0.25) is 9.78 Å². The Labute approximate surface area is 151 Å². The summed E-state index contributed by atoms with van der Waals surface area (Å²) in [6, 6.07) is 10.6. The molecule has 0 bridgehead atoms. The second kappa shape index (κ2) is 6.92. The smallest absolute Gasteiger partial charge is 0.265 e. The minimum absolute atomic E-state index is 0.146. The molecular weight excluding hydrogens is 330 g/mol. The Kier molecular flexibility index (Phi) is 4.49. The number of hydrogen-bond acceptors (Lipinski definition) is 4. The number of likely N-dealkylation sites (tertiary alicyclic amines) is 1. The number of aryl methyl sites for hydroxylation is 1. The maximum Gasteiger partial charge on any atom is 0.265 e. The molecule has 1 atom stereocenters. The maximum atomic E-state index is 12.7. The van der Waals surface area contributed by atoms with Crippen LogP contribution < -0.4 is 0 Å². The molecule has 1 amide bonds. The van der Waals surface area contributed by atoms with Gasteiger partial charge >= 0.3 is 0 Å². The molecule has 25 heavy (non-hydrogen) atoms. The van der Waals surface area contributed by atoms with Crippen LogP contribution in [0.15, 0.2) is 42.0 Å². The Balaban J connectivity index is 1.47. The number of nitrogens with zero attached hydrogens (tertiary/aromatic N) is 3. The largest absolute Gasteiger partial charge is 0.338 e. The fourth-order valence-electron chi connectivity index (χ4n) is 3.65. The Morgan fingerprint density at radius 3 is 3.08 bits per heavy atom. The van der Waals surface area contributed by atoms with Gasteiger partial charge in [-0.15, -0.1) is 11.3 Å². The highest BCUT2D eigenvalue weighted by atomic mass is 32.1. The highest BCUT2D eigenvalue weighted by Crippen LogP contribution is 2.25. The number of thiazole rings is 1. The normalized spacial score (nSPS) is 17.8. The summed E-state index contributed by atoms with van der Waals surface area (Å²) < 4.78 is 0.